The molecule has 0 saturated heterocycles. The van der Waals surface area contributed by atoms with E-state index in [9.17, 15) is 9.18 Å². The number of halogens is 1. The Labute approximate surface area is 94.6 Å². The van der Waals surface area contributed by atoms with Crippen LogP contribution in [-0.2, 0) is 0 Å². The molecule has 0 bridgehead atoms. The van der Waals surface area contributed by atoms with Gasteiger partial charge in [-0.2, -0.15) is 0 Å². The largest absolute Gasteiger partial charge is 0.496 e. The Hall–Kier alpha value is -1.58. The molecule has 1 aromatic rings. The number of hydrogen-bond donors (Lipinski definition) is 1. The van der Waals surface area contributed by atoms with E-state index in [1.165, 1.54) is 25.3 Å². The van der Waals surface area contributed by atoms with Crippen molar-refractivity contribution >= 4 is 5.91 Å². The van der Waals surface area contributed by atoms with Gasteiger partial charge in [-0.3, -0.25) is 4.79 Å². The van der Waals surface area contributed by atoms with Crippen LogP contribution in [0, 0.1) is 5.82 Å². The maximum absolute atomic E-state index is 13.0. The monoisotopic (exact) mass is 225 g/mol. The molecular weight excluding hydrogens is 209 g/mol. The van der Waals surface area contributed by atoms with Crippen molar-refractivity contribution in [1.29, 1.82) is 0 Å². The molecule has 0 aliphatic heterocycles. The summed E-state index contributed by atoms with van der Waals surface area (Å²) < 4.78 is 18.0. The van der Waals surface area contributed by atoms with Gasteiger partial charge >= 0.3 is 0 Å². The number of nitrogens with one attached hydrogen (secondary N) is 1. The third-order valence-corrected chi connectivity index (χ3v) is 2.22. The molecule has 0 fully saturated rings. The lowest BCUT2D eigenvalue weighted by Gasteiger charge is -2.08. The van der Waals surface area contributed by atoms with Gasteiger partial charge in [0.15, 0.2) is 0 Å². The minimum absolute atomic E-state index is 0.235. The summed E-state index contributed by atoms with van der Waals surface area (Å²) in [6.07, 6.45) is 1.91. The number of unbranched alkanes of at least 4 members (excludes halogenated alkanes) is 1. The van der Waals surface area contributed by atoms with Crippen LogP contribution >= 0.6 is 0 Å². The Balaban J connectivity index is 2.76. The Morgan fingerprint density at radius 2 is 2.25 bits per heavy atom. The number of carbonyl (C=O) groups is 1. The molecular formula is C12H16FNO2. The van der Waals surface area contributed by atoms with E-state index >= 15 is 0 Å². The van der Waals surface area contributed by atoms with Gasteiger partial charge in [0.2, 0.25) is 0 Å². The Kier molecular flexibility index (Phi) is 4.76. The molecule has 1 N–H and O–H groups in total. The van der Waals surface area contributed by atoms with E-state index in [1.807, 2.05) is 6.92 Å². The molecule has 0 atom stereocenters. The Bertz CT molecular complexity index is 366. The van der Waals surface area contributed by atoms with Crippen LogP contribution in [0.2, 0.25) is 0 Å². The third kappa shape index (κ3) is 3.22. The van der Waals surface area contributed by atoms with E-state index < -0.39 is 5.82 Å². The van der Waals surface area contributed by atoms with Crippen molar-refractivity contribution in [2.75, 3.05) is 13.7 Å². The van der Waals surface area contributed by atoms with E-state index in [2.05, 4.69) is 5.32 Å². The maximum Gasteiger partial charge on any atom is 0.255 e. The lowest BCUT2D eigenvalue weighted by atomic mass is 10.2. The van der Waals surface area contributed by atoms with Gasteiger partial charge in [-0.1, -0.05) is 13.3 Å². The highest BCUT2D eigenvalue weighted by atomic mass is 19.1. The molecule has 0 spiro atoms. The average Bonchev–Trinajstić information content (AvgIpc) is 2.29. The van der Waals surface area contributed by atoms with E-state index in [1.54, 1.807) is 0 Å². The van der Waals surface area contributed by atoms with E-state index in [-0.39, 0.29) is 11.5 Å². The van der Waals surface area contributed by atoms with Crippen LogP contribution in [0.3, 0.4) is 0 Å². The summed E-state index contributed by atoms with van der Waals surface area (Å²) in [6, 6.07) is 3.89. The number of hydrogen-bond acceptors (Lipinski definition) is 2. The number of methoxy groups -OCH3 is 1. The average molecular weight is 225 g/mol. The molecule has 1 amide bonds. The smallest absolute Gasteiger partial charge is 0.255 e. The fourth-order valence-electron chi connectivity index (χ4n) is 1.33. The number of benzene rings is 1. The first kappa shape index (κ1) is 12.5. The summed E-state index contributed by atoms with van der Waals surface area (Å²) in [4.78, 5) is 11.7. The predicted molar refractivity (Wildman–Crippen MR) is 60.2 cm³/mol. The minimum atomic E-state index is -0.443. The second-order valence-corrected chi connectivity index (χ2v) is 3.45. The molecule has 1 aromatic carbocycles. The molecule has 0 heterocycles. The van der Waals surface area contributed by atoms with Crippen LogP contribution in [0.15, 0.2) is 18.2 Å². The van der Waals surface area contributed by atoms with Crippen molar-refractivity contribution < 1.29 is 13.9 Å². The lowest BCUT2D eigenvalue weighted by molar-refractivity contribution is 0.0949. The van der Waals surface area contributed by atoms with Crippen LogP contribution in [-0.4, -0.2) is 19.6 Å². The first-order valence-corrected chi connectivity index (χ1v) is 5.30. The van der Waals surface area contributed by atoms with Crippen molar-refractivity contribution in [3.05, 3.63) is 29.6 Å². The molecule has 0 aliphatic rings. The van der Waals surface area contributed by atoms with Gasteiger partial charge in [0.05, 0.1) is 12.7 Å². The first-order valence-electron chi connectivity index (χ1n) is 5.30. The van der Waals surface area contributed by atoms with Gasteiger partial charge in [0.25, 0.3) is 5.91 Å². The minimum Gasteiger partial charge on any atom is -0.496 e. The Morgan fingerprint density at radius 1 is 1.50 bits per heavy atom. The third-order valence-electron chi connectivity index (χ3n) is 2.22. The van der Waals surface area contributed by atoms with Crippen LogP contribution in [0.5, 0.6) is 5.75 Å². The fourth-order valence-corrected chi connectivity index (χ4v) is 1.33. The standard InChI is InChI=1S/C12H16FNO2/c1-3-4-7-14-12(15)10-8-9(13)5-6-11(10)16-2/h5-6,8H,3-4,7H2,1-2H3,(H,14,15). The SMILES string of the molecule is CCCCNC(=O)c1cc(F)ccc1OC. The van der Waals surface area contributed by atoms with Gasteiger partial charge in [-0.15, -0.1) is 0 Å². The summed E-state index contributed by atoms with van der Waals surface area (Å²) in [5.41, 5.74) is 0.235. The van der Waals surface area contributed by atoms with Crippen LogP contribution in [0.25, 0.3) is 0 Å². The maximum atomic E-state index is 13.0. The molecule has 0 saturated carbocycles. The zero-order valence-corrected chi connectivity index (χ0v) is 9.55. The predicted octanol–water partition coefficient (Wildman–Crippen LogP) is 2.36. The number of rotatable bonds is 5. The summed E-state index contributed by atoms with van der Waals surface area (Å²) >= 11 is 0. The number of ether oxygens (including phenoxy) is 1. The van der Waals surface area contributed by atoms with Crippen LogP contribution < -0.4 is 10.1 Å². The summed E-state index contributed by atoms with van der Waals surface area (Å²) in [7, 11) is 1.45. The molecule has 0 unspecified atom stereocenters. The quantitative estimate of drug-likeness (QED) is 0.781. The van der Waals surface area contributed by atoms with Crippen molar-refractivity contribution in [2.45, 2.75) is 19.8 Å². The summed E-state index contributed by atoms with van der Waals surface area (Å²) in [5, 5.41) is 2.72. The topological polar surface area (TPSA) is 38.3 Å². The zero-order chi connectivity index (χ0) is 12.0. The van der Waals surface area contributed by atoms with Gasteiger partial charge in [-0.25, -0.2) is 4.39 Å². The lowest BCUT2D eigenvalue weighted by Crippen LogP contribution is -2.24. The highest BCUT2D eigenvalue weighted by molar-refractivity contribution is 5.96. The molecule has 4 heteroatoms. The number of carbonyl (C=O) groups excluding carboxylic acids is 1. The molecule has 1 rings (SSSR count). The molecule has 16 heavy (non-hydrogen) atoms. The second-order valence-electron chi connectivity index (χ2n) is 3.45. The van der Waals surface area contributed by atoms with Crippen molar-refractivity contribution in [3.8, 4) is 5.75 Å². The molecule has 3 nitrogen and oxygen atoms in total. The van der Waals surface area contributed by atoms with Crippen LogP contribution in [0.1, 0.15) is 30.1 Å². The fraction of sp³-hybridized carbons (Fsp3) is 0.417. The molecule has 0 aromatic heterocycles. The van der Waals surface area contributed by atoms with Crippen molar-refractivity contribution in [2.24, 2.45) is 0 Å². The molecule has 0 aliphatic carbocycles. The number of amides is 1. The van der Waals surface area contributed by atoms with Gasteiger partial charge < -0.3 is 10.1 Å². The molecule has 88 valence electrons. The Morgan fingerprint density at radius 3 is 2.88 bits per heavy atom. The molecule has 0 radical (unpaired) electrons. The van der Waals surface area contributed by atoms with Crippen molar-refractivity contribution in [1.82, 2.24) is 5.32 Å². The summed E-state index contributed by atoms with van der Waals surface area (Å²) in [6.45, 7) is 2.63. The normalized spacial score (nSPS) is 9.94. The van der Waals surface area contributed by atoms with E-state index in [0.717, 1.165) is 12.8 Å². The highest BCUT2D eigenvalue weighted by Crippen LogP contribution is 2.18. The second kappa shape index (κ2) is 6.10. The highest BCUT2D eigenvalue weighted by Gasteiger charge is 2.12. The van der Waals surface area contributed by atoms with E-state index in [0.29, 0.717) is 12.3 Å². The van der Waals surface area contributed by atoms with Crippen molar-refractivity contribution in [3.63, 3.8) is 0 Å². The first-order chi connectivity index (χ1) is 7.69. The van der Waals surface area contributed by atoms with Gasteiger partial charge in [0, 0.05) is 6.54 Å². The van der Waals surface area contributed by atoms with Crippen LogP contribution in [0.4, 0.5) is 4.39 Å². The van der Waals surface area contributed by atoms with Gasteiger partial charge in [-0.05, 0) is 24.6 Å². The van der Waals surface area contributed by atoms with Gasteiger partial charge in [0.1, 0.15) is 11.6 Å². The summed E-state index contributed by atoms with van der Waals surface area (Å²) in [5.74, 6) is -0.360. The van der Waals surface area contributed by atoms with E-state index in [4.69, 9.17) is 4.74 Å². The zero-order valence-electron chi connectivity index (χ0n) is 9.55.